The summed E-state index contributed by atoms with van der Waals surface area (Å²) in [5, 5.41) is 0.609. The fourth-order valence-corrected chi connectivity index (χ4v) is 7.47. The number of hydrogen-bond donors (Lipinski definition) is 2. The molecular formula is C26H20Cl4N2O4S2. The quantitative estimate of drug-likeness (QED) is 0.216. The second-order valence-electron chi connectivity index (χ2n) is 8.42. The lowest BCUT2D eigenvalue weighted by atomic mass is 10.0. The molecule has 4 rings (SSSR count). The SMILES string of the molecule is Cc1cc(-c2ccc(NS(=O)(=O)c3cc(Cl)ccc3Cl)c(C)c2)ccc1NS(=O)(=O)c1cc(Cl)ccc1Cl. The van der Waals surface area contributed by atoms with Gasteiger partial charge in [0.05, 0.1) is 21.4 Å². The van der Waals surface area contributed by atoms with Crippen molar-refractivity contribution in [2.75, 3.05) is 9.44 Å². The molecule has 0 aromatic heterocycles. The predicted octanol–water partition coefficient (Wildman–Crippen LogP) is 8.19. The first-order valence-electron chi connectivity index (χ1n) is 10.9. The number of halogens is 4. The standard InChI is InChI=1S/C26H20Cl4N2O4S2/c1-15-11-17(3-9-23(15)31-37(33,34)25-13-19(27)5-7-21(25)29)18-4-10-24(16(2)12-18)32-38(35,36)26-14-20(28)6-8-22(26)30/h3-14,31-32H,1-2H3. The summed E-state index contributed by atoms with van der Waals surface area (Å²) in [5.41, 5.74) is 3.71. The molecule has 0 saturated heterocycles. The summed E-state index contributed by atoms with van der Waals surface area (Å²) >= 11 is 24.1. The van der Waals surface area contributed by atoms with Gasteiger partial charge in [0.25, 0.3) is 20.0 Å². The molecule has 0 bridgehead atoms. The van der Waals surface area contributed by atoms with Gasteiger partial charge in [0.15, 0.2) is 0 Å². The first kappa shape index (κ1) is 28.5. The highest BCUT2D eigenvalue weighted by Crippen LogP contribution is 2.32. The van der Waals surface area contributed by atoms with E-state index in [-0.39, 0.29) is 29.9 Å². The van der Waals surface area contributed by atoms with Crippen LogP contribution in [-0.2, 0) is 20.0 Å². The summed E-state index contributed by atoms with van der Waals surface area (Å²) in [6.07, 6.45) is 0. The van der Waals surface area contributed by atoms with E-state index in [1.807, 2.05) is 12.1 Å². The van der Waals surface area contributed by atoms with Crippen LogP contribution in [0.2, 0.25) is 20.1 Å². The number of anilines is 2. The minimum atomic E-state index is -3.97. The van der Waals surface area contributed by atoms with Crippen molar-refractivity contribution < 1.29 is 16.8 Å². The maximum absolute atomic E-state index is 12.9. The van der Waals surface area contributed by atoms with Gasteiger partial charge in [0.1, 0.15) is 9.79 Å². The van der Waals surface area contributed by atoms with Gasteiger partial charge in [-0.3, -0.25) is 9.44 Å². The van der Waals surface area contributed by atoms with E-state index in [1.165, 1.54) is 36.4 Å². The average Bonchev–Trinajstić information content (AvgIpc) is 2.84. The summed E-state index contributed by atoms with van der Waals surface area (Å²) in [5.74, 6) is 0. The average molecular weight is 630 g/mol. The van der Waals surface area contributed by atoms with Gasteiger partial charge in [-0.1, -0.05) is 58.5 Å². The fourth-order valence-electron chi connectivity index (χ4n) is 3.68. The Kier molecular flexibility index (Phi) is 8.23. The third-order valence-corrected chi connectivity index (χ3v) is 9.80. The Bertz CT molecular complexity index is 1650. The second-order valence-corrected chi connectivity index (χ2v) is 13.4. The second kappa shape index (κ2) is 11.0. The molecule has 6 nitrogen and oxygen atoms in total. The Balaban J connectivity index is 1.58. The van der Waals surface area contributed by atoms with Crippen LogP contribution in [0, 0.1) is 13.8 Å². The first-order valence-corrected chi connectivity index (χ1v) is 15.4. The summed E-state index contributed by atoms with van der Waals surface area (Å²) in [6, 6.07) is 18.9. The fraction of sp³-hybridized carbons (Fsp3) is 0.0769. The van der Waals surface area contributed by atoms with E-state index in [0.29, 0.717) is 22.5 Å². The van der Waals surface area contributed by atoms with E-state index >= 15 is 0 Å². The van der Waals surface area contributed by atoms with Crippen LogP contribution in [0.25, 0.3) is 11.1 Å². The highest BCUT2D eigenvalue weighted by molar-refractivity contribution is 7.93. The van der Waals surface area contributed by atoms with Crippen molar-refractivity contribution in [1.82, 2.24) is 0 Å². The molecule has 0 amide bonds. The first-order chi connectivity index (χ1) is 17.8. The van der Waals surface area contributed by atoms with Crippen LogP contribution >= 0.6 is 46.4 Å². The van der Waals surface area contributed by atoms with E-state index in [0.717, 1.165) is 11.1 Å². The summed E-state index contributed by atoms with van der Waals surface area (Å²) in [4.78, 5) is -0.245. The molecule has 0 fully saturated rings. The maximum atomic E-state index is 12.9. The normalized spacial score (nSPS) is 11.8. The third-order valence-electron chi connectivity index (χ3n) is 5.64. The van der Waals surface area contributed by atoms with Crippen LogP contribution in [0.5, 0.6) is 0 Å². The van der Waals surface area contributed by atoms with Crippen molar-refractivity contribution in [3.05, 3.63) is 104 Å². The van der Waals surface area contributed by atoms with E-state index in [2.05, 4.69) is 9.44 Å². The molecule has 0 aliphatic rings. The summed E-state index contributed by atoms with van der Waals surface area (Å²) in [7, 11) is -7.95. The Hall–Kier alpha value is -2.46. The molecule has 0 saturated carbocycles. The van der Waals surface area contributed by atoms with E-state index < -0.39 is 20.0 Å². The van der Waals surface area contributed by atoms with Crippen molar-refractivity contribution in [3.63, 3.8) is 0 Å². The number of nitrogens with one attached hydrogen (secondary N) is 2. The molecule has 0 heterocycles. The smallest absolute Gasteiger partial charge is 0.263 e. The van der Waals surface area contributed by atoms with Crippen LogP contribution in [0.3, 0.4) is 0 Å². The van der Waals surface area contributed by atoms with Gasteiger partial charge < -0.3 is 0 Å². The molecule has 0 aliphatic carbocycles. The van der Waals surface area contributed by atoms with E-state index in [4.69, 9.17) is 46.4 Å². The highest BCUT2D eigenvalue weighted by atomic mass is 35.5. The van der Waals surface area contributed by atoms with Crippen molar-refractivity contribution in [1.29, 1.82) is 0 Å². The van der Waals surface area contributed by atoms with Gasteiger partial charge in [-0.25, -0.2) is 16.8 Å². The molecule has 0 aliphatic heterocycles. The molecule has 0 spiro atoms. The summed E-state index contributed by atoms with van der Waals surface area (Å²) in [6.45, 7) is 3.54. The van der Waals surface area contributed by atoms with Gasteiger partial charge in [-0.2, -0.15) is 0 Å². The van der Waals surface area contributed by atoms with Crippen molar-refractivity contribution in [3.8, 4) is 11.1 Å². The Morgan fingerprint density at radius 2 is 0.895 bits per heavy atom. The van der Waals surface area contributed by atoms with Crippen LogP contribution in [0.15, 0.2) is 82.6 Å². The number of benzene rings is 4. The lowest BCUT2D eigenvalue weighted by Crippen LogP contribution is -2.14. The molecule has 38 heavy (non-hydrogen) atoms. The molecule has 2 N–H and O–H groups in total. The van der Waals surface area contributed by atoms with Crippen LogP contribution < -0.4 is 9.44 Å². The summed E-state index contributed by atoms with van der Waals surface area (Å²) < 4.78 is 56.7. The van der Waals surface area contributed by atoms with Gasteiger partial charge >= 0.3 is 0 Å². The number of sulfonamides is 2. The van der Waals surface area contributed by atoms with Gasteiger partial charge in [0, 0.05) is 10.0 Å². The van der Waals surface area contributed by atoms with Crippen LogP contribution in [-0.4, -0.2) is 16.8 Å². The monoisotopic (exact) mass is 628 g/mol. The lowest BCUT2D eigenvalue weighted by molar-refractivity contribution is 0.599. The van der Waals surface area contributed by atoms with Crippen molar-refractivity contribution in [2.24, 2.45) is 0 Å². The number of rotatable bonds is 7. The minimum absolute atomic E-state index is 0.0556. The van der Waals surface area contributed by atoms with Crippen LogP contribution in [0.4, 0.5) is 11.4 Å². The molecule has 12 heteroatoms. The molecule has 0 radical (unpaired) electrons. The highest BCUT2D eigenvalue weighted by Gasteiger charge is 2.21. The minimum Gasteiger partial charge on any atom is -0.279 e. The molecular weight excluding hydrogens is 610 g/mol. The lowest BCUT2D eigenvalue weighted by Gasteiger charge is -2.15. The van der Waals surface area contributed by atoms with Crippen molar-refractivity contribution >= 4 is 77.8 Å². The zero-order valence-corrected chi connectivity index (χ0v) is 24.5. The molecule has 4 aromatic rings. The number of aryl methyl sites for hydroxylation is 2. The van der Waals surface area contributed by atoms with Gasteiger partial charge in [-0.15, -0.1) is 0 Å². The van der Waals surface area contributed by atoms with Gasteiger partial charge in [-0.05, 0) is 96.8 Å². The van der Waals surface area contributed by atoms with Gasteiger partial charge in [0.2, 0.25) is 0 Å². The topological polar surface area (TPSA) is 92.3 Å². The Labute approximate surface area is 241 Å². The van der Waals surface area contributed by atoms with Crippen LogP contribution in [0.1, 0.15) is 11.1 Å². The van der Waals surface area contributed by atoms with E-state index in [1.54, 1.807) is 38.1 Å². The zero-order valence-electron chi connectivity index (χ0n) is 19.9. The van der Waals surface area contributed by atoms with Crippen molar-refractivity contribution in [2.45, 2.75) is 23.6 Å². The predicted molar refractivity (Wildman–Crippen MR) is 156 cm³/mol. The third kappa shape index (κ3) is 6.22. The van der Waals surface area contributed by atoms with E-state index in [9.17, 15) is 16.8 Å². The molecule has 0 unspecified atom stereocenters. The Morgan fingerprint density at radius 1 is 0.526 bits per heavy atom. The Morgan fingerprint density at radius 3 is 1.24 bits per heavy atom. The molecule has 198 valence electrons. The number of hydrogen-bond acceptors (Lipinski definition) is 4. The zero-order chi connectivity index (χ0) is 27.8. The molecule has 4 aromatic carbocycles. The molecule has 0 atom stereocenters. The maximum Gasteiger partial charge on any atom is 0.263 e. The largest absolute Gasteiger partial charge is 0.279 e.